The standard InChI is InChI=1S/C19H23N3O3/c1-13-6-4-8-16(14(13)2)25-19-15(7-5-9-20-19)21-18(23)17-12-22(3)10-11-24-17/h4-9,17H,10-12H2,1-3H3,(H,21,23)/t17-/m0/s1. The molecule has 132 valence electrons. The van der Waals surface area contributed by atoms with Crippen LogP contribution in [0.25, 0.3) is 0 Å². The van der Waals surface area contributed by atoms with Gasteiger partial charge in [-0.2, -0.15) is 0 Å². The Kier molecular flexibility index (Phi) is 5.31. The number of hydrogen-bond donors (Lipinski definition) is 1. The molecule has 1 amide bonds. The van der Waals surface area contributed by atoms with E-state index in [9.17, 15) is 4.79 Å². The van der Waals surface area contributed by atoms with Crippen LogP contribution in [0.3, 0.4) is 0 Å². The van der Waals surface area contributed by atoms with E-state index in [2.05, 4.69) is 15.2 Å². The molecule has 0 unspecified atom stereocenters. The lowest BCUT2D eigenvalue weighted by Gasteiger charge is -2.29. The second kappa shape index (κ2) is 7.63. The Bertz CT molecular complexity index is 763. The van der Waals surface area contributed by atoms with Crippen molar-refractivity contribution in [2.24, 2.45) is 0 Å². The van der Waals surface area contributed by atoms with Crippen LogP contribution in [0.1, 0.15) is 11.1 Å². The molecule has 0 bridgehead atoms. The highest BCUT2D eigenvalue weighted by molar-refractivity contribution is 5.95. The number of ether oxygens (including phenoxy) is 2. The Morgan fingerprint density at radius 1 is 1.32 bits per heavy atom. The number of nitrogens with zero attached hydrogens (tertiary/aromatic N) is 2. The summed E-state index contributed by atoms with van der Waals surface area (Å²) in [6, 6.07) is 9.39. The fourth-order valence-electron chi connectivity index (χ4n) is 2.66. The van der Waals surface area contributed by atoms with Crippen LogP contribution in [0.5, 0.6) is 11.6 Å². The molecule has 1 aliphatic rings. The molecule has 0 radical (unpaired) electrons. The van der Waals surface area contributed by atoms with Crippen molar-refractivity contribution in [2.75, 3.05) is 32.1 Å². The molecule has 1 fully saturated rings. The number of morpholine rings is 1. The van der Waals surface area contributed by atoms with Gasteiger partial charge in [-0.1, -0.05) is 12.1 Å². The summed E-state index contributed by atoms with van der Waals surface area (Å²) >= 11 is 0. The number of benzene rings is 1. The van der Waals surface area contributed by atoms with E-state index in [0.29, 0.717) is 24.7 Å². The number of amides is 1. The minimum Gasteiger partial charge on any atom is -0.437 e. The molecule has 1 atom stereocenters. The molecule has 6 nitrogen and oxygen atoms in total. The second-order valence-corrected chi connectivity index (χ2v) is 6.27. The fourth-order valence-corrected chi connectivity index (χ4v) is 2.66. The third-order valence-corrected chi connectivity index (χ3v) is 4.35. The van der Waals surface area contributed by atoms with Crippen molar-refractivity contribution in [3.05, 3.63) is 47.7 Å². The molecule has 1 aromatic carbocycles. The number of aryl methyl sites for hydroxylation is 1. The number of pyridine rings is 1. The number of carbonyl (C=O) groups excluding carboxylic acids is 1. The van der Waals surface area contributed by atoms with E-state index >= 15 is 0 Å². The predicted octanol–water partition coefficient (Wildman–Crippen LogP) is 2.76. The zero-order chi connectivity index (χ0) is 17.8. The molecule has 0 aliphatic carbocycles. The molecule has 1 N–H and O–H groups in total. The molecule has 1 aromatic heterocycles. The fraction of sp³-hybridized carbons (Fsp3) is 0.368. The monoisotopic (exact) mass is 341 g/mol. The Balaban J connectivity index is 1.77. The Morgan fingerprint density at radius 2 is 2.16 bits per heavy atom. The van der Waals surface area contributed by atoms with Crippen molar-refractivity contribution >= 4 is 11.6 Å². The van der Waals surface area contributed by atoms with Crippen LogP contribution < -0.4 is 10.1 Å². The van der Waals surface area contributed by atoms with E-state index in [1.807, 2.05) is 39.1 Å². The van der Waals surface area contributed by atoms with Gasteiger partial charge in [0.15, 0.2) is 0 Å². The van der Waals surface area contributed by atoms with E-state index < -0.39 is 6.10 Å². The van der Waals surface area contributed by atoms with E-state index in [0.717, 1.165) is 23.4 Å². The van der Waals surface area contributed by atoms with Crippen LogP contribution in [0.15, 0.2) is 36.5 Å². The van der Waals surface area contributed by atoms with Gasteiger partial charge in [0, 0.05) is 19.3 Å². The lowest BCUT2D eigenvalue weighted by atomic mass is 10.1. The van der Waals surface area contributed by atoms with Crippen molar-refractivity contribution < 1.29 is 14.3 Å². The maximum absolute atomic E-state index is 12.5. The molecule has 0 spiro atoms. The Morgan fingerprint density at radius 3 is 2.96 bits per heavy atom. The van der Waals surface area contributed by atoms with Crippen LogP contribution in [-0.2, 0) is 9.53 Å². The molecule has 0 saturated carbocycles. The summed E-state index contributed by atoms with van der Waals surface area (Å²) in [6.45, 7) is 5.97. The molecular formula is C19H23N3O3. The number of rotatable bonds is 4. The first-order chi connectivity index (χ1) is 12.0. The first-order valence-corrected chi connectivity index (χ1v) is 8.34. The highest BCUT2D eigenvalue weighted by Crippen LogP contribution is 2.30. The zero-order valence-electron chi connectivity index (χ0n) is 14.8. The first kappa shape index (κ1) is 17.4. The van der Waals surface area contributed by atoms with Gasteiger partial charge in [-0.25, -0.2) is 4.98 Å². The summed E-state index contributed by atoms with van der Waals surface area (Å²) in [7, 11) is 1.97. The van der Waals surface area contributed by atoms with Gasteiger partial charge in [-0.3, -0.25) is 4.79 Å². The summed E-state index contributed by atoms with van der Waals surface area (Å²) in [5.74, 6) is 0.905. The SMILES string of the molecule is Cc1cccc(Oc2ncccc2NC(=O)[C@@H]2CN(C)CCO2)c1C. The molecule has 1 aliphatic heterocycles. The first-order valence-electron chi connectivity index (χ1n) is 8.34. The van der Waals surface area contributed by atoms with Gasteiger partial charge >= 0.3 is 0 Å². The van der Waals surface area contributed by atoms with Gasteiger partial charge in [0.1, 0.15) is 17.5 Å². The van der Waals surface area contributed by atoms with Gasteiger partial charge in [0.2, 0.25) is 5.88 Å². The van der Waals surface area contributed by atoms with Gasteiger partial charge in [0.25, 0.3) is 5.91 Å². The predicted molar refractivity (Wildman–Crippen MR) is 96.1 cm³/mol. The van der Waals surface area contributed by atoms with Crippen LogP contribution in [0, 0.1) is 13.8 Å². The quantitative estimate of drug-likeness (QED) is 0.926. The lowest BCUT2D eigenvalue weighted by Crippen LogP contribution is -2.46. The normalized spacial score (nSPS) is 18.0. The molecule has 1 saturated heterocycles. The number of anilines is 1. The van der Waals surface area contributed by atoms with Crippen molar-refractivity contribution in [3.8, 4) is 11.6 Å². The highest BCUT2D eigenvalue weighted by Gasteiger charge is 2.25. The summed E-state index contributed by atoms with van der Waals surface area (Å²) < 4.78 is 11.5. The molecule has 25 heavy (non-hydrogen) atoms. The number of nitrogens with one attached hydrogen (secondary N) is 1. The minimum atomic E-state index is -0.493. The molecule has 2 aromatic rings. The smallest absolute Gasteiger partial charge is 0.254 e. The van der Waals surface area contributed by atoms with Crippen LogP contribution in [-0.4, -0.2) is 48.6 Å². The largest absolute Gasteiger partial charge is 0.437 e. The van der Waals surface area contributed by atoms with Crippen LogP contribution in [0.4, 0.5) is 5.69 Å². The molecule has 2 heterocycles. The van der Waals surface area contributed by atoms with Gasteiger partial charge < -0.3 is 19.7 Å². The van der Waals surface area contributed by atoms with E-state index in [1.165, 1.54) is 0 Å². The lowest BCUT2D eigenvalue weighted by molar-refractivity contribution is -0.132. The molecule has 6 heteroatoms. The zero-order valence-corrected chi connectivity index (χ0v) is 14.8. The third kappa shape index (κ3) is 4.15. The third-order valence-electron chi connectivity index (χ3n) is 4.35. The molecule has 3 rings (SSSR count). The highest BCUT2D eigenvalue weighted by atomic mass is 16.5. The summed E-state index contributed by atoms with van der Waals surface area (Å²) in [5, 5.41) is 2.88. The van der Waals surface area contributed by atoms with Gasteiger partial charge in [0.05, 0.1) is 6.61 Å². The van der Waals surface area contributed by atoms with Crippen molar-refractivity contribution in [2.45, 2.75) is 20.0 Å². The second-order valence-electron chi connectivity index (χ2n) is 6.27. The van der Waals surface area contributed by atoms with E-state index in [1.54, 1.807) is 18.3 Å². The maximum atomic E-state index is 12.5. The Labute approximate surface area is 147 Å². The van der Waals surface area contributed by atoms with Crippen molar-refractivity contribution in [1.29, 1.82) is 0 Å². The maximum Gasteiger partial charge on any atom is 0.254 e. The van der Waals surface area contributed by atoms with E-state index in [4.69, 9.17) is 9.47 Å². The van der Waals surface area contributed by atoms with Gasteiger partial charge in [-0.15, -0.1) is 0 Å². The Hall–Kier alpha value is -2.44. The number of aromatic nitrogens is 1. The molecular weight excluding hydrogens is 318 g/mol. The summed E-state index contributed by atoms with van der Waals surface area (Å²) in [5.41, 5.74) is 2.71. The summed E-state index contributed by atoms with van der Waals surface area (Å²) in [4.78, 5) is 18.8. The summed E-state index contributed by atoms with van der Waals surface area (Å²) in [6.07, 6.45) is 1.15. The van der Waals surface area contributed by atoms with Crippen LogP contribution in [0.2, 0.25) is 0 Å². The van der Waals surface area contributed by atoms with E-state index in [-0.39, 0.29) is 5.91 Å². The average molecular weight is 341 g/mol. The van der Waals surface area contributed by atoms with Crippen molar-refractivity contribution in [3.63, 3.8) is 0 Å². The van der Waals surface area contributed by atoms with Gasteiger partial charge in [-0.05, 0) is 50.2 Å². The average Bonchev–Trinajstić information content (AvgIpc) is 2.60. The van der Waals surface area contributed by atoms with Crippen LogP contribution >= 0.6 is 0 Å². The van der Waals surface area contributed by atoms with Crippen molar-refractivity contribution in [1.82, 2.24) is 9.88 Å². The number of likely N-dealkylation sites (N-methyl/N-ethyl adjacent to an activating group) is 1. The number of hydrogen-bond acceptors (Lipinski definition) is 5. The number of carbonyl (C=O) groups is 1. The topological polar surface area (TPSA) is 63.7 Å². The minimum absolute atomic E-state index is 0.189.